The molecule has 0 heterocycles. The van der Waals surface area contributed by atoms with Crippen molar-refractivity contribution in [1.29, 1.82) is 0 Å². The Kier molecular flexibility index (Phi) is 7.09. The monoisotopic (exact) mass is 321 g/mol. The lowest BCUT2D eigenvalue weighted by molar-refractivity contribution is 0.145. The van der Waals surface area contributed by atoms with Crippen molar-refractivity contribution in [1.82, 2.24) is 4.90 Å². The van der Waals surface area contributed by atoms with Crippen molar-refractivity contribution in [2.45, 2.75) is 53.0 Å². The van der Waals surface area contributed by atoms with E-state index in [4.69, 9.17) is 4.74 Å². The molecule has 3 nitrogen and oxygen atoms in total. The number of rotatable bonds is 7. The minimum Gasteiger partial charge on any atom is -0.493 e. The van der Waals surface area contributed by atoms with E-state index in [9.17, 15) is 5.11 Å². The zero-order valence-corrected chi connectivity index (χ0v) is 16.2. The van der Waals surface area contributed by atoms with Crippen LogP contribution >= 0.6 is 0 Å². The van der Waals surface area contributed by atoms with E-state index in [1.165, 1.54) is 11.1 Å². The summed E-state index contributed by atoms with van der Waals surface area (Å²) in [6, 6.07) is 6.69. The zero-order valence-electron chi connectivity index (χ0n) is 16.2. The van der Waals surface area contributed by atoms with Crippen LogP contribution in [0.25, 0.3) is 0 Å². The third kappa shape index (κ3) is 5.50. The molecule has 0 radical (unpaired) electrons. The molecule has 0 aliphatic carbocycles. The van der Waals surface area contributed by atoms with Crippen molar-refractivity contribution in [2.75, 3.05) is 27.3 Å². The molecule has 0 aliphatic rings. The SMILES string of the molecule is CC(C)COc1ccc(C(C(C)CO)N(C)C)cc1C(C)(C)C. The van der Waals surface area contributed by atoms with Gasteiger partial charge in [0.2, 0.25) is 0 Å². The smallest absolute Gasteiger partial charge is 0.123 e. The van der Waals surface area contributed by atoms with E-state index in [-0.39, 0.29) is 24.0 Å². The molecule has 0 fully saturated rings. The van der Waals surface area contributed by atoms with Gasteiger partial charge in [-0.2, -0.15) is 0 Å². The molecule has 1 rings (SSSR count). The highest BCUT2D eigenvalue weighted by Gasteiger charge is 2.25. The number of ether oxygens (including phenoxy) is 1. The van der Waals surface area contributed by atoms with E-state index in [1.807, 2.05) is 0 Å². The van der Waals surface area contributed by atoms with Gasteiger partial charge >= 0.3 is 0 Å². The van der Waals surface area contributed by atoms with E-state index < -0.39 is 0 Å². The van der Waals surface area contributed by atoms with E-state index >= 15 is 0 Å². The maximum Gasteiger partial charge on any atom is 0.123 e. The molecule has 0 spiro atoms. The Bertz CT molecular complexity index is 489. The van der Waals surface area contributed by atoms with Gasteiger partial charge in [-0.25, -0.2) is 0 Å². The lowest BCUT2D eigenvalue weighted by Crippen LogP contribution is -2.28. The second-order valence-electron chi connectivity index (χ2n) is 8.28. The van der Waals surface area contributed by atoms with Crippen molar-refractivity contribution >= 4 is 0 Å². The predicted molar refractivity (Wildman–Crippen MR) is 98.2 cm³/mol. The van der Waals surface area contributed by atoms with Crippen LogP contribution in [0, 0.1) is 11.8 Å². The Morgan fingerprint density at radius 3 is 2.17 bits per heavy atom. The van der Waals surface area contributed by atoms with Gasteiger partial charge in [0.05, 0.1) is 6.61 Å². The van der Waals surface area contributed by atoms with Crippen LogP contribution in [0.3, 0.4) is 0 Å². The van der Waals surface area contributed by atoms with Crippen molar-refractivity contribution in [2.24, 2.45) is 11.8 Å². The molecular weight excluding hydrogens is 286 g/mol. The minimum atomic E-state index is 0.0155. The lowest BCUT2D eigenvalue weighted by Gasteiger charge is -2.32. The molecule has 0 aliphatic heterocycles. The van der Waals surface area contributed by atoms with E-state index in [0.717, 1.165) is 12.4 Å². The van der Waals surface area contributed by atoms with Crippen LogP contribution in [0.15, 0.2) is 18.2 Å². The average molecular weight is 322 g/mol. The number of aliphatic hydroxyl groups excluding tert-OH is 1. The molecular formula is C20H35NO2. The maximum absolute atomic E-state index is 9.59. The highest BCUT2D eigenvalue weighted by molar-refractivity contribution is 5.42. The van der Waals surface area contributed by atoms with Gasteiger partial charge in [0.1, 0.15) is 5.75 Å². The molecule has 1 aromatic rings. The molecule has 0 saturated heterocycles. The van der Waals surface area contributed by atoms with Crippen LogP contribution in [0.4, 0.5) is 0 Å². The molecule has 2 atom stereocenters. The molecule has 0 aromatic heterocycles. The molecule has 0 amide bonds. The standard InChI is InChI=1S/C20H35NO2/c1-14(2)13-23-18-10-9-16(11-17(18)20(4,5)6)19(21(7)8)15(3)12-22/h9-11,14-15,19,22H,12-13H2,1-8H3. The van der Waals surface area contributed by atoms with Gasteiger partial charge in [-0.05, 0) is 54.6 Å². The predicted octanol–water partition coefficient (Wildman–Crippen LogP) is 4.25. The Morgan fingerprint density at radius 1 is 1.13 bits per heavy atom. The molecule has 3 heteroatoms. The summed E-state index contributed by atoms with van der Waals surface area (Å²) in [5.74, 6) is 1.66. The molecule has 2 unspecified atom stereocenters. The maximum atomic E-state index is 9.59. The van der Waals surface area contributed by atoms with Crippen molar-refractivity contribution in [3.63, 3.8) is 0 Å². The Morgan fingerprint density at radius 2 is 1.74 bits per heavy atom. The summed E-state index contributed by atoms with van der Waals surface area (Å²) in [5.41, 5.74) is 2.48. The lowest BCUT2D eigenvalue weighted by atomic mass is 9.83. The van der Waals surface area contributed by atoms with Gasteiger partial charge in [-0.1, -0.05) is 47.6 Å². The second kappa shape index (κ2) is 8.16. The van der Waals surface area contributed by atoms with E-state index in [0.29, 0.717) is 5.92 Å². The zero-order chi connectivity index (χ0) is 17.8. The van der Waals surface area contributed by atoms with Crippen LogP contribution in [0.5, 0.6) is 5.75 Å². The summed E-state index contributed by atoms with van der Waals surface area (Å²) in [6.45, 7) is 14.0. The third-order valence-corrected chi connectivity index (χ3v) is 4.11. The van der Waals surface area contributed by atoms with Crippen molar-refractivity contribution < 1.29 is 9.84 Å². The van der Waals surface area contributed by atoms with Crippen LogP contribution in [0.1, 0.15) is 58.7 Å². The van der Waals surface area contributed by atoms with Gasteiger partial charge in [0.25, 0.3) is 0 Å². The molecule has 1 aromatic carbocycles. The summed E-state index contributed by atoms with van der Waals surface area (Å²) >= 11 is 0. The molecule has 0 saturated carbocycles. The normalized spacial score (nSPS) is 15.1. The fraction of sp³-hybridized carbons (Fsp3) is 0.700. The van der Waals surface area contributed by atoms with E-state index in [1.54, 1.807) is 0 Å². The van der Waals surface area contributed by atoms with Crippen LogP contribution < -0.4 is 4.74 Å². The summed E-state index contributed by atoms with van der Waals surface area (Å²) in [6.07, 6.45) is 0. The first-order chi connectivity index (χ1) is 10.6. The van der Waals surface area contributed by atoms with E-state index in [2.05, 4.69) is 78.7 Å². The molecule has 1 N–H and O–H groups in total. The summed E-state index contributed by atoms with van der Waals surface area (Å²) < 4.78 is 6.04. The van der Waals surface area contributed by atoms with Crippen molar-refractivity contribution in [3.05, 3.63) is 29.3 Å². The third-order valence-electron chi connectivity index (χ3n) is 4.11. The average Bonchev–Trinajstić information content (AvgIpc) is 2.44. The number of hydrogen-bond donors (Lipinski definition) is 1. The first-order valence-electron chi connectivity index (χ1n) is 8.62. The topological polar surface area (TPSA) is 32.7 Å². The summed E-state index contributed by atoms with van der Waals surface area (Å²) in [5, 5.41) is 9.59. The van der Waals surface area contributed by atoms with Crippen LogP contribution in [0.2, 0.25) is 0 Å². The summed E-state index contributed by atoms with van der Waals surface area (Å²) in [4.78, 5) is 2.18. The number of hydrogen-bond acceptors (Lipinski definition) is 3. The molecule has 0 bridgehead atoms. The number of nitrogens with zero attached hydrogens (tertiary/aromatic N) is 1. The minimum absolute atomic E-state index is 0.0155. The first-order valence-corrected chi connectivity index (χ1v) is 8.62. The van der Waals surface area contributed by atoms with Gasteiger partial charge in [0.15, 0.2) is 0 Å². The number of aliphatic hydroxyl groups is 1. The molecule has 23 heavy (non-hydrogen) atoms. The fourth-order valence-electron chi connectivity index (χ4n) is 2.94. The van der Waals surface area contributed by atoms with Crippen LogP contribution in [-0.4, -0.2) is 37.3 Å². The largest absolute Gasteiger partial charge is 0.493 e. The van der Waals surface area contributed by atoms with Crippen LogP contribution in [-0.2, 0) is 5.41 Å². The fourth-order valence-corrected chi connectivity index (χ4v) is 2.94. The summed E-state index contributed by atoms with van der Waals surface area (Å²) in [7, 11) is 4.13. The highest BCUT2D eigenvalue weighted by atomic mass is 16.5. The molecule has 132 valence electrons. The number of benzene rings is 1. The van der Waals surface area contributed by atoms with Gasteiger partial charge in [0, 0.05) is 12.6 Å². The van der Waals surface area contributed by atoms with Crippen molar-refractivity contribution in [3.8, 4) is 5.75 Å². The van der Waals surface area contributed by atoms with Gasteiger partial charge in [-0.3, -0.25) is 0 Å². The van der Waals surface area contributed by atoms with Gasteiger partial charge in [-0.15, -0.1) is 0 Å². The Hall–Kier alpha value is -1.06. The van der Waals surface area contributed by atoms with Gasteiger partial charge < -0.3 is 14.7 Å². The second-order valence-corrected chi connectivity index (χ2v) is 8.28. The first kappa shape index (κ1) is 20.0. The Balaban J connectivity index is 3.26. The Labute approximate surface area is 142 Å². The quantitative estimate of drug-likeness (QED) is 0.815. The highest BCUT2D eigenvalue weighted by Crippen LogP contribution is 2.36.